The number of aromatic nitrogens is 1. The third-order valence-electron chi connectivity index (χ3n) is 5.35. The lowest BCUT2D eigenvalue weighted by Gasteiger charge is -2.18. The molecule has 5 nitrogen and oxygen atoms in total. The second-order valence-electron chi connectivity index (χ2n) is 7.17. The van der Waals surface area contributed by atoms with Crippen molar-refractivity contribution < 1.29 is 23.0 Å². The number of amides is 1. The van der Waals surface area contributed by atoms with Crippen LogP contribution in [0.5, 0.6) is 11.5 Å². The molecule has 8 heteroatoms. The Morgan fingerprint density at radius 2 is 1.96 bits per heavy atom. The normalized spacial score (nSPS) is 19.8. The van der Waals surface area contributed by atoms with E-state index in [0.29, 0.717) is 24.2 Å². The van der Waals surface area contributed by atoms with Crippen LogP contribution in [0, 0.1) is 0 Å². The largest absolute Gasteiger partial charge is 0.586 e. The van der Waals surface area contributed by atoms with Crippen molar-refractivity contribution in [2.24, 2.45) is 0 Å². The number of carbonyl (C=O) groups excluding carboxylic acids is 1. The molecular weight excluding hydrogens is 434 g/mol. The molecule has 144 valence electrons. The van der Waals surface area contributed by atoms with Gasteiger partial charge in [-0.15, -0.1) is 8.78 Å². The van der Waals surface area contributed by atoms with Gasteiger partial charge in [0.1, 0.15) is 10.4 Å². The zero-order valence-electron chi connectivity index (χ0n) is 14.6. The van der Waals surface area contributed by atoms with Crippen molar-refractivity contribution in [2.75, 3.05) is 5.32 Å². The first kappa shape index (κ1) is 17.6. The maximum absolute atomic E-state index is 13.3. The minimum atomic E-state index is -3.67. The van der Waals surface area contributed by atoms with Crippen LogP contribution in [0.25, 0.3) is 6.08 Å². The molecule has 0 spiro atoms. The molecule has 2 heterocycles. The number of pyridine rings is 1. The molecule has 1 amide bonds. The number of carbonyl (C=O) groups is 1. The molecule has 0 unspecified atom stereocenters. The SMILES string of the molecule is O=C(Nc1cc2c(c(Br)n1)CCC=C2)C1(c2ccc3c(c2)OC(F)(F)O3)CC1. The van der Waals surface area contributed by atoms with Crippen molar-refractivity contribution in [1.82, 2.24) is 4.98 Å². The zero-order valence-corrected chi connectivity index (χ0v) is 16.2. The van der Waals surface area contributed by atoms with E-state index in [9.17, 15) is 13.6 Å². The molecule has 2 aliphatic carbocycles. The number of halogens is 3. The Morgan fingerprint density at radius 3 is 2.75 bits per heavy atom. The highest BCUT2D eigenvalue weighted by molar-refractivity contribution is 9.10. The van der Waals surface area contributed by atoms with Crippen LogP contribution in [0.2, 0.25) is 0 Å². The maximum Gasteiger partial charge on any atom is 0.586 e. The smallest absolute Gasteiger partial charge is 0.395 e. The van der Waals surface area contributed by atoms with Gasteiger partial charge in [0.05, 0.1) is 5.41 Å². The van der Waals surface area contributed by atoms with Crippen molar-refractivity contribution in [3.05, 3.63) is 51.6 Å². The van der Waals surface area contributed by atoms with Gasteiger partial charge in [-0.3, -0.25) is 4.79 Å². The van der Waals surface area contributed by atoms with Crippen LogP contribution in [0.15, 0.2) is 34.9 Å². The van der Waals surface area contributed by atoms with Gasteiger partial charge < -0.3 is 14.8 Å². The Morgan fingerprint density at radius 1 is 1.18 bits per heavy atom. The molecule has 1 aliphatic heterocycles. The fourth-order valence-electron chi connectivity index (χ4n) is 3.71. The topological polar surface area (TPSA) is 60.5 Å². The van der Waals surface area contributed by atoms with Gasteiger partial charge in [-0.25, -0.2) is 4.98 Å². The lowest BCUT2D eigenvalue weighted by molar-refractivity contribution is -0.286. The second kappa shape index (κ2) is 6.01. The van der Waals surface area contributed by atoms with Gasteiger partial charge in [0.2, 0.25) is 5.91 Å². The van der Waals surface area contributed by atoms with Crippen molar-refractivity contribution in [1.29, 1.82) is 0 Å². The number of anilines is 1. The summed E-state index contributed by atoms with van der Waals surface area (Å²) in [7, 11) is 0. The highest BCUT2D eigenvalue weighted by Gasteiger charge is 2.53. The number of benzene rings is 1. The van der Waals surface area contributed by atoms with E-state index < -0.39 is 11.7 Å². The van der Waals surface area contributed by atoms with Crippen LogP contribution in [-0.4, -0.2) is 17.2 Å². The molecule has 1 aromatic carbocycles. The zero-order chi connectivity index (χ0) is 19.5. The molecule has 1 N–H and O–H groups in total. The van der Waals surface area contributed by atoms with Crippen molar-refractivity contribution in [3.8, 4) is 11.5 Å². The summed E-state index contributed by atoms with van der Waals surface area (Å²) in [4.78, 5) is 17.4. The van der Waals surface area contributed by atoms with Crippen molar-refractivity contribution >= 4 is 33.7 Å². The molecule has 0 bridgehead atoms. The number of nitrogens with zero attached hydrogens (tertiary/aromatic N) is 1. The quantitative estimate of drug-likeness (QED) is 0.685. The molecule has 1 saturated carbocycles. The highest BCUT2D eigenvalue weighted by atomic mass is 79.9. The summed E-state index contributed by atoms with van der Waals surface area (Å²) in [6.45, 7) is 0. The molecule has 1 aromatic heterocycles. The minimum absolute atomic E-state index is 0.0305. The van der Waals surface area contributed by atoms with Gasteiger partial charge in [0.15, 0.2) is 11.5 Å². The van der Waals surface area contributed by atoms with E-state index in [1.54, 1.807) is 6.07 Å². The van der Waals surface area contributed by atoms with Crippen LogP contribution in [0.3, 0.4) is 0 Å². The van der Waals surface area contributed by atoms with Gasteiger partial charge in [-0.2, -0.15) is 0 Å². The van der Waals surface area contributed by atoms with Crippen LogP contribution >= 0.6 is 15.9 Å². The fraction of sp³-hybridized carbons (Fsp3) is 0.300. The van der Waals surface area contributed by atoms with E-state index in [2.05, 4.69) is 41.8 Å². The van der Waals surface area contributed by atoms with Gasteiger partial charge in [0.25, 0.3) is 0 Å². The Balaban J connectivity index is 1.41. The average Bonchev–Trinajstić information content (AvgIpc) is 3.39. The molecule has 2 aromatic rings. The molecule has 0 atom stereocenters. The number of alkyl halides is 2. The summed E-state index contributed by atoms with van der Waals surface area (Å²) in [6.07, 6.45) is 3.55. The first-order valence-electron chi connectivity index (χ1n) is 8.94. The first-order valence-corrected chi connectivity index (χ1v) is 9.73. The number of ether oxygens (including phenoxy) is 2. The number of hydrogen-bond donors (Lipinski definition) is 1. The minimum Gasteiger partial charge on any atom is -0.395 e. The standard InChI is InChI=1S/C20H15BrF2N2O3/c21-17-13-4-2-1-3-11(13)9-16(24-17)25-18(26)19(7-8-19)12-5-6-14-15(10-12)28-20(22,23)27-14/h1,3,5-6,9-10H,2,4,7-8H2,(H,24,25,26). The lowest BCUT2D eigenvalue weighted by atomic mass is 9.94. The van der Waals surface area contributed by atoms with E-state index in [1.165, 1.54) is 12.1 Å². The molecule has 1 fully saturated rings. The van der Waals surface area contributed by atoms with Crippen LogP contribution in [0.1, 0.15) is 36.0 Å². The Hall–Kier alpha value is -2.48. The average molecular weight is 449 g/mol. The first-order chi connectivity index (χ1) is 13.4. The van der Waals surface area contributed by atoms with E-state index in [-0.39, 0.29) is 17.4 Å². The van der Waals surface area contributed by atoms with E-state index in [4.69, 9.17) is 0 Å². The monoisotopic (exact) mass is 448 g/mol. The van der Waals surface area contributed by atoms with Gasteiger partial charge in [-0.05, 0) is 76.5 Å². The van der Waals surface area contributed by atoms with Crippen molar-refractivity contribution in [2.45, 2.75) is 37.4 Å². The fourth-order valence-corrected chi connectivity index (χ4v) is 4.33. The predicted octanol–water partition coefficient (Wildman–Crippen LogP) is 4.80. The number of nitrogens with one attached hydrogen (secondary N) is 1. The summed E-state index contributed by atoms with van der Waals surface area (Å²) in [5.74, 6) is 0.163. The summed E-state index contributed by atoms with van der Waals surface area (Å²) < 4.78 is 36.2. The van der Waals surface area contributed by atoms with Crippen molar-refractivity contribution in [3.63, 3.8) is 0 Å². The molecule has 0 saturated heterocycles. The highest BCUT2D eigenvalue weighted by Crippen LogP contribution is 2.52. The molecule has 3 aliphatic rings. The van der Waals surface area contributed by atoms with Gasteiger partial charge in [0, 0.05) is 0 Å². The number of allylic oxidation sites excluding steroid dienone is 1. The summed E-state index contributed by atoms with van der Waals surface area (Å²) in [5.41, 5.74) is 2.01. The van der Waals surface area contributed by atoms with E-state index in [0.717, 1.165) is 28.6 Å². The number of rotatable bonds is 3. The third kappa shape index (κ3) is 2.87. The third-order valence-corrected chi connectivity index (χ3v) is 6.00. The van der Waals surface area contributed by atoms with Crippen LogP contribution in [-0.2, 0) is 16.6 Å². The molecule has 5 rings (SSSR count). The Bertz CT molecular complexity index is 1030. The summed E-state index contributed by atoms with van der Waals surface area (Å²) in [5, 5.41) is 2.88. The lowest BCUT2D eigenvalue weighted by Crippen LogP contribution is -2.28. The Labute approximate surface area is 167 Å². The van der Waals surface area contributed by atoms with Gasteiger partial charge in [-0.1, -0.05) is 18.2 Å². The van der Waals surface area contributed by atoms with E-state index in [1.807, 2.05) is 12.1 Å². The number of fused-ring (bicyclic) bond motifs is 2. The Kier molecular flexibility index (Phi) is 3.78. The number of hydrogen-bond acceptors (Lipinski definition) is 4. The molecule has 0 radical (unpaired) electrons. The maximum atomic E-state index is 13.3. The second-order valence-corrected chi connectivity index (χ2v) is 7.92. The summed E-state index contributed by atoms with van der Waals surface area (Å²) in [6, 6.07) is 6.36. The predicted molar refractivity (Wildman–Crippen MR) is 101 cm³/mol. The van der Waals surface area contributed by atoms with Crippen LogP contribution < -0.4 is 14.8 Å². The molecule has 28 heavy (non-hydrogen) atoms. The van der Waals surface area contributed by atoms with E-state index >= 15 is 0 Å². The molecular formula is C20H15BrF2N2O3. The van der Waals surface area contributed by atoms with Crippen LogP contribution in [0.4, 0.5) is 14.6 Å². The summed E-state index contributed by atoms with van der Waals surface area (Å²) >= 11 is 3.48. The van der Waals surface area contributed by atoms with Gasteiger partial charge >= 0.3 is 6.29 Å².